The van der Waals surface area contributed by atoms with Crippen LogP contribution in [0.3, 0.4) is 0 Å². The van der Waals surface area contributed by atoms with Crippen LogP contribution in [0.1, 0.15) is 5.69 Å². The highest BCUT2D eigenvalue weighted by atomic mass is 35.5. The molecular weight excluding hydrogens is 257 g/mol. The molecule has 2 aromatic heterocycles. The van der Waals surface area contributed by atoms with Crippen LogP contribution in [0.15, 0.2) is 24.7 Å². The Hall–Kier alpha value is -1.95. The molecule has 0 aliphatic carbocycles. The van der Waals surface area contributed by atoms with Gasteiger partial charge in [-0.25, -0.2) is 14.4 Å². The Morgan fingerprint density at radius 2 is 2.17 bits per heavy atom. The summed E-state index contributed by atoms with van der Waals surface area (Å²) in [5.74, 6) is 0.138. The van der Waals surface area contributed by atoms with Crippen molar-refractivity contribution in [1.82, 2.24) is 15.0 Å². The predicted molar refractivity (Wildman–Crippen MR) is 68.1 cm³/mol. The maximum Gasteiger partial charge on any atom is 0.157 e. The first kappa shape index (κ1) is 12.5. The van der Waals surface area contributed by atoms with E-state index in [1.165, 1.54) is 18.6 Å². The molecule has 7 heteroatoms. The molecule has 0 spiro atoms. The van der Waals surface area contributed by atoms with E-state index in [0.717, 1.165) is 0 Å². The van der Waals surface area contributed by atoms with Crippen molar-refractivity contribution < 1.29 is 4.39 Å². The largest absolute Gasteiger partial charge is 0.383 e. The topological polar surface area (TPSA) is 62.7 Å². The summed E-state index contributed by atoms with van der Waals surface area (Å²) >= 11 is 5.90. The van der Waals surface area contributed by atoms with Crippen LogP contribution < -0.4 is 10.6 Å². The standard InChI is InChI=1S/C11H11ClFN5/c1-14-9-10(12)17-6-18-11(9)16-5-8-7(13)3-2-4-15-8/h2-4,6,14H,5H2,1H3,(H,16,17,18). The highest BCUT2D eigenvalue weighted by Crippen LogP contribution is 2.25. The number of anilines is 2. The molecule has 0 amide bonds. The van der Waals surface area contributed by atoms with Crippen molar-refractivity contribution >= 4 is 23.1 Å². The quantitative estimate of drug-likeness (QED) is 0.833. The minimum absolute atomic E-state index is 0.217. The second kappa shape index (κ2) is 5.59. The van der Waals surface area contributed by atoms with Gasteiger partial charge in [0.15, 0.2) is 11.0 Å². The summed E-state index contributed by atoms with van der Waals surface area (Å²) in [6, 6.07) is 2.90. The lowest BCUT2D eigenvalue weighted by atomic mass is 10.3. The third kappa shape index (κ3) is 2.65. The number of halogens is 2. The first-order chi connectivity index (χ1) is 8.72. The van der Waals surface area contributed by atoms with E-state index in [1.807, 2.05) is 0 Å². The third-order valence-corrected chi connectivity index (χ3v) is 2.60. The van der Waals surface area contributed by atoms with Gasteiger partial charge in [0.05, 0.1) is 12.2 Å². The Labute approximate surface area is 108 Å². The van der Waals surface area contributed by atoms with Crippen LogP contribution in [0.25, 0.3) is 0 Å². The van der Waals surface area contributed by atoms with Crippen molar-refractivity contribution in [3.8, 4) is 0 Å². The van der Waals surface area contributed by atoms with E-state index >= 15 is 0 Å². The zero-order valence-corrected chi connectivity index (χ0v) is 10.4. The number of nitrogens with zero attached hydrogens (tertiary/aromatic N) is 3. The molecule has 2 N–H and O–H groups in total. The molecular formula is C11H11ClFN5. The molecule has 5 nitrogen and oxygen atoms in total. The number of pyridine rings is 1. The van der Waals surface area contributed by atoms with E-state index in [9.17, 15) is 4.39 Å². The smallest absolute Gasteiger partial charge is 0.157 e. The van der Waals surface area contributed by atoms with Gasteiger partial charge in [-0.15, -0.1) is 0 Å². The van der Waals surface area contributed by atoms with Crippen LogP contribution in [0, 0.1) is 5.82 Å². The van der Waals surface area contributed by atoms with Gasteiger partial charge in [0, 0.05) is 13.2 Å². The molecule has 0 radical (unpaired) electrons. The number of aromatic nitrogens is 3. The Morgan fingerprint density at radius 1 is 1.33 bits per heavy atom. The molecule has 0 saturated heterocycles. The Kier molecular flexibility index (Phi) is 3.88. The molecule has 0 fully saturated rings. The van der Waals surface area contributed by atoms with Crippen molar-refractivity contribution in [1.29, 1.82) is 0 Å². The Morgan fingerprint density at radius 3 is 2.89 bits per heavy atom. The van der Waals surface area contributed by atoms with Gasteiger partial charge in [0.25, 0.3) is 0 Å². The van der Waals surface area contributed by atoms with E-state index in [-0.39, 0.29) is 12.4 Å². The lowest BCUT2D eigenvalue weighted by Gasteiger charge is -2.10. The highest BCUT2D eigenvalue weighted by Gasteiger charge is 2.09. The zero-order chi connectivity index (χ0) is 13.0. The Balaban J connectivity index is 2.16. The average molecular weight is 268 g/mol. The van der Waals surface area contributed by atoms with E-state index in [4.69, 9.17) is 11.6 Å². The fourth-order valence-corrected chi connectivity index (χ4v) is 1.66. The summed E-state index contributed by atoms with van der Waals surface area (Å²) in [5, 5.41) is 6.15. The normalized spacial score (nSPS) is 10.2. The summed E-state index contributed by atoms with van der Waals surface area (Å²) in [4.78, 5) is 11.8. The second-order valence-corrected chi connectivity index (χ2v) is 3.78. The molecule has 2 rings (SSSR count). The average Bonchev–Trinajstić information content (AvgIpc) is 2.38. The predicted octanol–water partition coefficient (Wildman–Crippen LogP) is 2.32. The minimum Gasteiger partial charge on any atom is -0.383 e. The maximum atomic E-state index is 13.4. The summed E-state index contributed by atoms with van der Waals surface area (Å²) in [7, 11) is 1.71. The van der Waals surface area contributed by atoms with Gasteiger partial charge < -0.3 is 10.6 Å². The van der Waals surface area contributed by atoms with Crippen LogP contribution in [0.5, 0.6) is 0 Å². The van der Waals surface area contributed by atoms with Gasteiger partial charge in [-0.2, -0.15) is 0 Å². The van der Waals surface area contributed by atoms with Crippen LogP contribution in [0.2, 0.25) is 5.15 Å². The molecule has 0 aromatic carbocycles. The van der Waals surface area contributed by atoms with Gasteiger partial charge >= 0.3 is 0 Å². The van der Waals surface area contributed by atoms with Crippen molar-refractivity contribution in [2.45, 2.75) is 6.54 Å². The highest BCUT2D eigenvalue weighted by molar-refractivity contribution is 6.32. The molecule has 0 aliphatic rings. The van der Waals surface area contributed by atoms with Crippen LogP contribution >= 0.6 is 11.6 Å². The van der Waals surface area contributed by atoms with Crippen LogP contribution in [-0.2, 0) is 6.54 Å². The second-order valence-electron chi connectivity index (χ2n) is 3.42. The maximum absolute atomic E-state index is 13.4. The SMILES string of the molecule is CNc1c(Cl)ncnc1NCc1ncccc1F. The number of hydrogen-bond acceptors (Lipinski definition) is 5. The van der Waals surface area contributed by atoms with Gasteiger partial charge in [0.1, 0.15) is 17.8 Å². The van der Waals surface area contributed by atoms with Crippen LogP contribution in [0.4, 0.5) is 15.9 Å². The van der Waals surface area contributed by atoms with Gasteiger partial charge in [-0.3, -0.25) is 4.98 Å². The first-order valence-corrected chi connectivity index (χ1v) is 5.61. The molecule has 0 unspecified atom stereocenters. The lowest BCUT2D eigenvalue weighted by molar-refractivity contribution is 0.602. The molecule has 2 heterocycles. The summed E-state index contributed by atoms with van der Waals surface area (Å²) in [6.45, 7) is 0.217. The molecule has 0 bridgehead atoms. The Bertz CT molecular complexity index is 549. The van der Waals surface area contributed by atoms with Crippen LogP contribution in [-0.4, -0.2) is 22.0 Å². The van der Waals surface area contributed by atoms with Crippen molar-refractivity contribution in [2.75, 3.05) is 17.7 Å². The number of rotatable bonds is 4. The fraction of sp³-hybridized carbons (Fsp3) is 0.182. The minimum atomic E-state index is -0.365. The summed E-state index contributed by atoms with van der Waals surface area (Å²) in [6.07, 6.45) is 2.87. The van der Waals surface area contributed by atoms with E-state index < -0.39 is 0 Å². The summed E-state index contributed by atoms with van der Waals surface area (Å²) < 4.78 is 13.4. The monoisotopic (exact) mass is 267 g/mol. The molecule has 94 valence electrons. The van der Waals surface area contributed by atoms with Crippen molar-refractivity contribution in [2.24, 2.45) is 0 Å². The molecule has 0 atom stereocenters. The van der Waals surface area contributed by atoms with Gasteiger partial charge in [-0.05, 0) is 12.1 Å². The summed E-state index contributed by atoms with van der Waals surface area (Å²) in [5.41, 5.74) is 0.879. The lowest BCUT2D eigenvalue weighted by Crippen LogP contribution is -2.08. The van der Waals surface area contributed by atoms with Crippen molar-refractivity contribution in [3.63, 3.8) is 0 Å². The molecule has 0 aliphatic heterocycles. The van der Waals surface area contributed by atoms with Crippen molar-refractivity contribution in [3.05, 3.63) is 41.3 Å². The van der Waals surface area contributed by atoms with E-state index in [2.05, 4.69) is 25.6 Å². The van der Waals surface area contributed by atoms with E-state index in [0.29, 0.717) is 22.4 Å². The van der Waals surface area contributed by atoms with E-state index in [1.54, 1.807) is 13.1 Å². The number of hydrogen-bond donors (Lipinski definition) is 2. The first-order valence-electron chi connectivity index (χ1n) is 5.24. The number of nitrogens with one attached hydrogen (secondary N) is 2. The fourth-order valence-electron chi connectivity index (χ4n) is 1.44. The van der Waals surface area contributed by atoms with Gasteiger partial charge in [-0.1, -0.05) is 11.6 Å². The molecule has 2 aromatic rings. The third-order valence-electron chi connectivity index (χ3n) is 2.31. The zero-order valence-electron chi connectivity index (χ0n) is 9.61. The van der Waals surface area contributed by atoms with Gasteiger partial charge in [0.2, 0.25) is 0 Å². The molecule has 18 heavy (non-hydrogen) atoms. The molecule has 0 saturated carbocycles.